The zero-order chi connectivity index (χ0) is 23.5. The predicted octanol–water partition coefficient (Wildman–Crippen LogP) is 4.96. The maximum atomic E-state index is 13.7. The fourth-order valence-electron chi connectivity index (χ4n) is 3.56. The Morgan fingerprint density at radius 1 is 1.18 bits per heavy atom. The molecule has 1 aromatic heterocycles. The number of nitrogens with one attached hydrogen (secondary N) is 1. The lowest BCUT2D eigenvalue weighted by Crippen LogP contribution is -2.35. The van der Waals surface area contributed by atoms with Crippen LogP contribution in [0.4, 0.5) is 20.3 Å². The molecule has 1 aliphatic heterocycles. The first kappa shape index (κ1) is 22.7. The second-order valence-electron chi connectivity index (χ2n) is 7.50. The molecule has 0 aliphatic carbocycles. The van der Waals surface area contributed by atoms with Crippen molar-refractivity contribution in [3.63, 3.8) is 0 Å². The second-order valence-corrected chi connectivity index (χ2v) is 8.52. The van der Waals surface area contributed by atoms with Gasteiger partial charge in [0.05, 0.1) is 31.0 Å². The number of ether oxygens (including phenoxy) is 1. The zero-order valence-corrected chi connectivity index (χ0v) is 18.8. The van der Waals surface area contributed by atoms with Crippen LogP contribution in [-0.4, -0.2) is 29.7 Å². The predicted molar refractivity (Wildman–Crippen MR) is 122 cm³/mol. The summed E-state index contributed by atoms with van der Waals surface area (Å²) in [6, 6.07) is 12.2. The van der Waals surface area contributed by atoms with Gasteiger partial charge < -0.3 is 15.0 Å². The number of amides is 1. The Hall–Kier alpha value is -3.46. The number of hydrogen-bond acceptors (Lipinski definition) is 6. The number of esters is 1. The quantitative estimate of drug-likeness (QED) is 0.515. The zero-order valence-electron chi connectivity index (χ0n) is 18.0. The summed E-state index contributed by atoms with van der Waals surface area (Å²) in [5.41, 5.74) is 2.43. The Bertz CT molecular complexity index is 1200. The SMILES string of the molecule is COC(=O)c1ccc(C(C)Nc2nccc3c2N(Cc2ccc(F)c(F)c2)C(=O)CS3)cc1. The van der Waals surface area contributed by atoms with Crippen LogP contribution in [-0.2, 0) is 16.1 Å². The third-order valence-corrected chi connectivity index (χ3v) is 6.35. The second kappa shape index (κ2) is 9.58. The Morgan fingerprint density at radius 3 is 2.64 bits per heavy atom. The van der Waals surface area contributed by atoms with Crippen LogP contribution in [0.2, 0.25) is 0 Å². The van der Waals surface area contributed by atoms with Gasteiger partial charge in [0.2, 0.25) is 5.91 Å². The van der Waals surface area contributed by atoms with Gasteiger partial charge in [-0.25, -0.2) is 18.6 Å². The van der Waals surface area contributed by atoms with Crippen molar-refractivity contribution in [3.05, 3.63) is 83.1 Å². The van der Waals surface area contributed by atoms with Crippen LogP contribution in [0.25, 0.3) is 0 Å². The molecule has 0 saturated carbocycles. The van der Waals surface area contributed by atoms with E-state index in [0.717, 1.165) is 22.6 Å². The molecular weight excluding hydrogens is 448 g/mol. The monoisotopic (exact) mass is 469 g/mol. The summed E-state index contributed by atoms with van der Waals surface area (Å²) in [7, 11) is 1.33. The van der Waals surface area contributed by atoms with Gasteiger partial charge in [-0.3, -0.25) is 4.79 Å². The molecule has 1 aliphatic rings. The number of hydrogen-bond donors (Lipinski definition) is 1. The number of anilines is 2. The minimum Gasteiger partial charge on any atom is -0.465 e. The van der Waals surface area contributed by atoms with Gasteiger partial charge in [0.15, 0.2) is 17.5 Å². The maximum Gasteiger partial charge on any atom is 0.337 e. The molecule has 1 N–H and O–H groups in total. The molecule has 3 aromatic rings. The van der Waals surface area contributed by atoms with Gasteiger partial charge in [0, 0.05) is 11.1 Å². The molecule has 6 nitrogen and oxygen atoms in total. The fraction of sp³-hybridized carbons (Fsp3) is 0.208. The number of aromatic nitrogens is 1. The number of carbonyl (C=O) groups excluding carboxylic acids is 2. The highest BCUT2D eigenvalue weighted by Crippen LogP contribution is 2.41. The van der Waals surface area contributed by atoms with E-state index in [1.165, 1.54) is 24.9 Å². The standard InChI is InChI=1S/C24H21F2N3O3S/c1-14(16-4-6-17(7-5-16)24(31)32-2)28-23-22-20(9-10-27-23)33-13-21(30)29(22)12-15-3-8-18(25)19(26)11-15/h3-11,14H,12-13H2,1-2H3,(H,27,28). The van der Waals surface area contributed by atoms with Crippen LogP contribution in [0, 0.1) is 11.6 Å². The topological polar surface area (TPSA) is 71.5 Å². The lowest BCUT2D eigenvalue weighted by atomic mass is 10.1. The van der Waals surface area contributed by atoms with E-state index in [1.54, 1.807) is 23.2 Å². The van der Waals surface area contributed by atoms with Crippen LogP contribution in [0.5, 0.6) is 0 Å². The number of benzene rings is 2. The van der Waals surface area contributed by atoms with Gasteiger partial charge in [0.25, 0.3) is 0 Å². The number of halogens is 2. The minimum absolute atomic E-state index is 0.0895. The molecule has 33 heavy (non-hydrogen) atoms. The van der Waals surface area contributed by atoms with Crippen molar-refractivity contribution in [2.75, 3.05) is 23.1 Å². The van der Waals surface area contributed by atoms with Crippen LogP contribution in [0.1, 0.15) is 34.5 Å². The molecule has 0 radical (unpaired) electrons. The van der Waals surface area contributed by atoms with Crippen molar-refractivity contribution in [2.45, 2.75) is 24.4 Å². The first-order valence-electron chi connectivity index (χ1n) is 10.2. The lowest BCUT2D eigenvalue weighted by molar-refractivity contribution is -0.116. The van der Waals surface area contributed by atoms with Gasteiger partial charge in [0.1, 0.15) is 5.69 Å². The minimum atomic E-state index is -0.958. The van der Waals surface area contributed by atoms with Gasteiger partial charge in [-0.1, -0.05) is 18.2 Å². The Balaban J connectivity index is 1.62. The lowest BCUT2D eigenvalue weighted by Gasteiger charge is -2.31. The number of methoxy groups -OCH3 is 1. The molecular formula is C24H21F2N3O3S. The van der Waals surface area contributed by atoms with Gasteiger partial charge in [-0.2, -0.15) is 0 Å². The van der Waals surface area contributed by atoms with Crippen LogP contribution < -0.4 is 10.2 Å². The highest BCUT2D eigenvalue weighted by molar-refractivity contribution is 8.00. The van der Waals surface area contributed by atoms with Crippen molar-refractivity contribution in [3.8, 4) is 0 Å². The highest BCUT2D eigenvalue weighted by Gasteiger charge is 2.29. The van der Waals surface area contributed by atoms with E-state index in [0.29, 0.717) is 22.6 Å². The summed E-state index contributed by atoms with van der Waals surface area (Å²) >= 11 is 1.40. The van der Waals surface area contributed by atoms with E-state index >= 15 is 0 Å². The Kier molecular flexibility index (Phi) is 6.60. The summed E-state index contributed by atoms with van der Waals surface area (Å²) < 4.78 is 31.8. The first-order valence-corrected chi connectivity index (χ1v) is 11.2. The molecule has 170 valence electrons. The van der Waals surface area contributed by atoms with E-state index < -0.39 is 17.6 Å². The summed E-state index contributed by atoms with van der Waals surface area (Å²) in [5.74, 6) is -1.71. The van der Waals surface area contributed by atoms with E-state index in [-0.39, 0.29) is 24.2 Å². The van der Waals surface area contributed by atoms with Gasteiger partial charge in [-0.05, 0) is 48.4 Å². The van der Waals surface area contributed by atoms with Crippen molar-refractivity contribution >= 4 is 35.1 Å². The number of fused-ring (bicyclic) bond motifs is 1. The number of rotatable bonds is 6. The van der Waals surface area contributed by atoms with Crippen LogP contribution in [0.3, 0.4) is 0 Å². The largest absolute Gasteiger partial charge is 0.465 e. The van der Waals surface area contributed by atoms with Crippen molar-refractivity contribution < 1.29 is 23.1 Å². The van der Waals surface area contributed by atoms with Crippen molar-refractivity contribution in [1.82, 2.24) is 4.98 Å². The smallest absolute Gasteiger partial charge is 0.337 e. The number of nitrogens with zero attached hydrogens (tertiary/aromatic N) is 2. The van der Waals surface area contributed by atoms with E-state index in [9.17, 15) is 18.4 Å². The van der Waals surface area contributed by atoms with Gasteiger partial charge >= 0.3 is 5.97 Å². The average molecular weight is 470 g/mol. The summed E-state index contributed by atoms with van der Waals surface area (Å²) in [6.07, 6.45) is 1.66. The molecule has 0 spiro atoms. The number of thioether (sulfide) groups is 1. The van der Waals surface area contributed by atoms with Crippen LogP contribution in [0.15, 0.2) is 59.6 Å². The maximum absolute atomic E-state index is 13.7. The fourth-order valence-corrected chi connectivity index (χ4v) is 4.50. The molecule has 1 unspecified atom stereocenters. The molecule has 9 heteroatoms. The van der Waals surface area contributed by atoms with Crippen molar-refractivity contribution in [2.24, 2.45) is 0 Å². The molecule has 2 aromatic carbocycles. The molecule has 0 saturated heterocycles. The van der Waals surface area contributed by atoms with Crippen LogP contribution >= 0.6 is 11.8 Å². The number of pyridine rings is 1. The summed E-state index contributed by atoms with van der Waals surface area (Å²) in [5, 5.41) is 3.34. The Morgan fingerprint density at radius 2 is 1.94 bits per heavy atom. The molecule has 2 heterocycles. The molecule has 1 atom stereocenters. The van der Waals surface area contributed by atoms with Crippen molar-refractivity contribution in [1.29, 1.82) is 0 Å². The highest BCUT2D eigenvalue weighted by atomic mass is 32.2. The Labute approximate surface area is 194 Å². The van der Waals surface area contributed by atoms with E-state index in [1.807, 2.05) is 25.1 Å². The molecule has 0 fully saturated rings. The summed E-state index contributed by atoms with van der Waals surface area (Å²) in [6.45, 7) is 2.03. The molecule has 4 rings (SSSR count). The third kappa shape index (κ3) is 4.83. The third-order valence-electron chi connectivity index (χ3n) is 5.32. The molecule has 1 amide bonds. The molecule has 0 bridgehead atoms. The summed E-state index contributed by atoms with van der Waals surface area (Å²) in [4.78, 5) is 31.3. The van der Waals surface area contributed by atoms with E-state index in [4.69, 9.17) is 4.74 Å². The van der Waals surface area contributed by atoms with E-state index in [2.05, 4.69) is 10.3 Å². The number of carbonyl (C=O) groups is 2. The average Bonchev–Trinajstić information content (AvgIpc) is 2.82. The van der Waals surface area contributed by atoms with Gasteiger partial charge in [-0.15, -0.1) is 11.8 Å². The first-order chi connectivity index (χ1) is 15.9. The normalized spacial score (nSPS) is 13.9.